The van der Waals surface area contributed by atoms with Gasteiger partial charge in [0.1, 0.15) is 5.82 Å². The molecule has 5 rings (SSSR count). The summed E-state index contributed by atoms with van der Waals surface area (Å²) in [4.78, 5) is 12.4. The van der Waals surface area contributed by atoms with Gasteiger partial charge in [-0.05, 0) is 42.3 Å². The molecule has 1 aromatic heterocycles. The van der Waals surface area contributed by atoms with Gasteiger partial charge in [0, 0.05) is 22.9 Å². The van der Waals surface area contributed by atoms with Crippen LogP contribution in [0.15, 0.2) is 42.6 Å². The molecule has 7 heteroatoms. The summed E-state index contributed by atoms with van der Waals surface area (Å²) < 4.78 is 12.6. The third-order valence-corrected chi connectivity index (χ3v) is 5.50. The molecular weight excluding hydrogens is 366 g/mol. The topological polar surface area (TPSA) is 65.4 Å². The van der Waals surface area contributed by atoms with Gasteiger partial charge >= 0.3 is 0 Å². The van der Waals surface area contributed by atoms with Gasteiger partial charge in [0.25, 0.3) is 0 Å². The molecule has 3 aromatic rings. The van der Waals surface area contributed by atoms with E-state index in [0.29, 0.717) is 23.0 Å². The maximum Gasteiger partial charge on any atom is 0.231 e. The van der Waals surface area contributed by atoms with E-state index in [2.05, 4.69) is 10.4 Å². The van der Waals surface area contributed by atoms with Crippen molar-refractivity contribution >= 4 is 23.3 Å². The molecule has 2 aromatic carbocycles. The lowest BCUT2D eigenvalue weighted by atomic mass is 9.87. The molecule has 2 aliphatic heterocycles. The second-order valence-corrected chi connectivity index (χ2v) is 7.07. The number of carbonyl (C=O) groups excluding carboxylic acids is 1. The molecule has 0 saturated heterocycles. The molecule has 0 spiro atoms. The first-order chi connectivity index (χ1) is 13.1. The Morgan fingerprint density at radius 1 is 1.22 bits per heavy atom. The van der Waals surface area contributed by atoms with Crippen molar-refractivity contribution in [3.05, 3.63) is 64.3 Å². The molecule has 1 atom stereocenters. The average molecular weight is 382 g/mol. The standard InChI is InChI=1S/C20H16ClN3O3/c1-11-15(21)3-2-4-16(11)24-20-14(9-22-24)13(8-19(25)23-20)12-5-6-17-18(7-12)27-10-26-17/h2-7,9,13H,8,10H2,1H3,(H,23,25)/t13-/m1/s1. The van der Waals surface area contributed by atoms with Crippen LogP contribution in [0.1, 0.15) is 29.0 Å². The van der Waals surface area contributed by atoms with E-state index >= 15 is 0 Å². The van der Waals surface area contributed by atoms with Crippen LogP contribution in [0.2, 0.25) is 5.02 Å². The summed E-state index contributed by atoms with van der Waals surface area (Å²) in [6, 6.07) is 11.4. The maximum absolute atomic E-state index is 12.4. The number of carbonyl (C=O) groups is 1. The predicted molar refractivity (Wildman–Crippen MR) is 101 cm³/mol. The summed E-state index contributed by atoms with van der Waals surface area (Å²) in [6.45, 7) is 2.16. The Bertz CT molecular complexity index is 1080. The minimum atomic E-state index is -0.100. The average Bonchev–Trinajstić information content (AvgIpc) is 3.29. The molecule has 6 nitrogen and oxygen atoms in total. The van der Waals surface area contributed by atoms with Crippen LogP contribution in [0.25, 0.3) is 5.69 Å². The number of amides is 1. The summed E-state index contributed by atoms with van der Waals surface area (Å²) >= 11 is 6.27. The highest BCUT2D eigenvalue weighted by Crippen LogP contribution is 2.42. The van der Waals surface area contributed by atoms with Crippen LogP contribution in [0.5, 0.6) is 11.5 Å². The molecule has 136 valence electrons. The summed E-state index contributed by atoms with van der Waals surface area (Å²) in [6.07, 6.45) is 2.16. The molecule has 0 bridgehead atoms. The zero-order chi connectivity index (χ0) is 18.5. The Morgan fingerprint density at radius 2 is 2.07 bits per heavy atom. The van der Waals surface area contributed by atoms with Crippen LogP contribution >= 0.6 is 11.6 Å². The number of halogens is 1. The largest absolute Gasteiger partial charge is 0.454 e. The first-order valence-corrected chi connectivity index (χ1v) is 9.02. The zero-order valence-electron chi connectivity index (χ0n) is 14.5. The number of benzene rings is 2. The van der Waals surface area contributed by atoms with Crippen LogP contribution < -0.4 is 14.8 Å². The number of hydrogen-bond acceptors (Lipinski definition) is 4. The van der Waals surface area contributed by atoms with Crippen LogP contribution in [-0.2, 0) is 4.79 Å². The van der Waals surface area contributed by atoms with Crippen LogP contribution in [-0.4, -0.2) is 22.5 Å². The number of nitrogens with zero attached hydrogens (tertiary/aromatic N) is 2. The van der Waals surface area contributed by atoms with Gasteiger partial charge < -0.3 is 14.8 Å². The van der Waals surface area contributed by atoms with E-state index in [1.165, 1.54) is 0 Å². The highest BCUT2D eigenvalue weighted by molar-refractivity contribution is 6.31. The minimum Gasteiger partial charge on any atom is -0.454 e. The number of anilines is 1. The Labute approximate surface area is 160 Å². The number of ether oxygens (including phenoxy) is 2. The van der Waals surface area contributed by atoms with E-state index < -0.39 is 0 Å². The highest BCUT2D eigenvalue weighted by Gasteiger charge is 2.31. The number of rotatable bonds is 2. The molecule has 1 N–H and O–H groups in total. The molecular formula is C20H16ClN3O3. The molecule has 0 fully saturated rings. The lowest BCUT2D eigenvalue weighted by molar-refractivity contribution is -0.116. The molecule has 0 saturated carbocycles. The zero-order valence-corrected chi connectivity index (χ0v) is 15.3. The normalized spacial score (nSPS) is 17.6. The Kier molecular flexibility index (Phi) is 3.62. The molecule has 3 heterocycles. The lowest BCUT2D eigenvalue weighted by Gasteiger charge is -2.24. The van der Waals surface area contributed by atoms with Crippen molar-refractivity contribution in [3.63, 3.8) is 0 Å². The maximum atomic E-state index is 12.4. The van der Waals surface area contributed by atoms with Crippen molar-refractivity contribution in [3.8, 4) is 17.2 Å². The predicted octanol–water partition coefficient (Wildman–Crippen LogP) is 4.04. The molecule has 0 aliphatic carbocycles. The summed E-state index contributed by atoms with van der Waals surface area (Å²) in [5.41, 5.74) is 3.71. The van der Waals surface area contributed by atoms with Gasteiger partial charge in [-0.3, -0.25) is 4.79 Å². The fourth-order valence-corrected chi connectivity index (χ4v) is 3.82. The molecule has 0 radical (unpaired) electrons. The lowest BCUT2D eigenvalue weighted by Crippen LogP contribution is -2.24. The Hall–Kier alpha value is -2.99. The summed E-state index contributed by atoms with van der Waals surface area (Å²) in [5.74, 6) is 1.96. The SMILES string of the molecule is Cc1c(Cl)cccc1-n1ncc2c1NC(=O)C[C@@H]2c1ccc2c(c1)OCO2. The molecule has 0 unspecified atom stereocenters. The van der Waals surface area contributed by atoms with Crippen molar-refractivity contribution in [1.82, 2.24) is 9.78 Å². The van der Waals surface area contributed by atoms with E-state index in [4.69, 9.17) is 21.1 Å². The third-order valence-electron chi connectivity index (χ3n) is 5.09. The number of fused-ring (bicyclic) bond motifs is 2. The van der Waals surface area contributed by atoms with Crippen molar-refractivity contribution in [2.24, 2.45) is 0 Å². The Morgan fingerprint density at radius 3 is 2.96 bits per heavy atom. The number of aromatic nitrogens is 2. The van der Waals surface area contributed by atoms with Crippen molar-refractivity contribution < 1.29 is 14.3 Å². The van der Waals surface area contributed by atoms with Crippen LogP contribution in [0.4, 0.5) is 5.82 Å². The van der Waals surface area contributed by atoms with Gasteiger partial charge in [-0.1, -0.05) is 23.7 Å². The summed E-state index contributed by atoms with van der Waals surface area (Å²) in [5, 5.41) is 8.17. The minimum absolute atomic E-state index is 0.0494. The quantitative estimate of drug-likeness (QED) is 0.727. The van der Waals surface area contributed by atoms with Gasteiger partial charge in [0.2, 0.25) is 12.7 Å². The Balaban J connectivity index is 1.62. The van der Waals surface area contributed by atoms with Crippen LogP contribution in [0, 0.1) is 6.92 Å². The van der Waals surface area contributed by atoms with E-state index in [1.54, 1.807) is 4.68 Å². The summed E-state index contributed by atoms with van der Waals surface area (Å²) in [7, 11) is 0. The van der Waals surface area contributed by atoms with Gasteiger partial charge in [0.15, 0.2) is 11.5 Å². The monoisotopic (exact) mass is 381 g/mol. The first-order valence-electron chi connectivity index (χ1n) is 8.64. The van der Waals surface area contributed by atoms with Gasteiger partial charge in [-0.25, -0.2) is 4.68 Å². The first kappa shape index (κ1) is 16.2. The number of hydrogen-bond donors (Lipinski definition) is 1. The fraction of sp³-hybridized carbons (Fsp3) is 0.200. The van der Waals surface area contributed by atoms with E-state index in [9.17, 15) is 4.79 Å². The molecule has 27 heavy (non-hydrogen) atoms. The number of nitrogens with one attached hydrogen (secondary N) is 1. The van der Waals surface area contributed by atoms with Gasteiger partial charge in [0.05, 0.1) is 11.9 Å². The van der Waals surface area contributed by atoms with Crippen molar-refractivity contribution in [2.75, 3.05) is 12.1 Å². The van der Waals surface area contributed by atoms with Crippen LogP contribution in [0.3, 0.4) is 0 Å². The molecule has 1 amide bonds. The highest BCUT2D eigenvalue weighted by atomic mass is 35.5. The van der Waals surface area contributed by atoms with E-state index in [-0.39, 0.29) is 18.6 Å². The van der Waals surface area contributed by atoms with Crippen molar-refractivity contribution in [1.29, 1.82) is 0 Å². The van der Waals surface area contributed by atoms with Gasteiger partial charge in [-0.15, -0.1) is 0 Å². The van der Waals surface area contributed by atoms with Gasteiger partial charge in [-0.2, -0.15) is 5.10 Å². The van der Waals surface area contributed by atoms with Crippen molar-refractivity contribution in [2.45, 2.75) is 19.3 Å². The molecule has 2 aliphatic rings. The smallest absolute Gasteiger partial charge is 0.231 e. The second-order valence-electron chi connectivity index (χ2n) is 6.66. The van der Waals surface area contributed by atoms with E-state index in [1.807, 2.05) is 49.5 Å². The fourth-order valence-electron chi connectivity index (χ4n) is 3.66. The third kappa shape index (κ3) is 2.56. The van der Waals surface area contributed by atoms with E-state index in [0.717, 1.165) is 28.1 Å². The second kappa shape index (κ2) is 6.03.